The zero-order valence-electron chi connectivity index (χ0n) is 17.0. The standard InChI is InChI=1S/C20H39NO5/c1-4-23-11-12-25-15-16-26-14-13-24-10-9-21-20(22)19-7-5-18(6-8-19)17(2)3/h17-19H,4-16H2,1-3H3,(H,21,22). The Morgan fingerprint density at radius 3 is 1.85 bits per heavy atom. The van der Waals surface area contributed by atoms with Crippen LogP contribution < -0.4 is 5.32 Å². The second-order valence-corrected chi connectivity index (χ2v) is 7.18. The molecule has 1 saturated carbocycles. The van der Waals surface area contributed by atoms with E-state index in [0.717, 1.165) is 31.3 Å². The minimum Gasteiger partial charge on any atom is -0.379 e. The summed E-state index contributed by atoms with van der Waals surface area (Å²) in [6.07, 6.45) is 4.41. The minimum absolute atomic E-state index is 0.191. The summed E-state index contributed by atoms with van der Waals surface area (Å²) in [5.41, 5.74) is 0. The second kappa shape index (κ2) is 15.4. The Balaban J connectivity index is 1.85. The molecule has 0 heterocycles. The molecule has 1 aliphatic rings. The lowest BCUT2D eigenvalue weighted by molar-refractivity contribution is -0.126. The SMILES string of the molecule is CCOCCOCCOCCOCCNC(=O)C1CCC(C(C)C)CC1. The molecule has 1 aliphatic carbocycles. The van der Waals surface area contributed by atoms with Gasteiger partial charge < -0.3 is 24.3 Å². The lowest BCUT2D eigenvalue weighted by Crippen LogP contribution is -2.35. The van der Waals surface area contributed by atoms with E-state index in [9.17, 15) is 4.79 Å². The highest BCUT2D eigenvalue weighted by Crippen LogP contribution is 2.33. The van der Waals surface area contributed by atoms with Gasteiger partial charge in [-0.1, -0.05) is 13.8 Å². The first kappa shape index (κ1) is 23.3. The number of carbonyl (C=O) groups is 1. The van der Waals surface area contributed by atoms with E-state index in [2.05, 4.69) is 19.2 Å². The maximum atomic E-state index is 12.2. The first-order valence-corrected chi connectivity index (χ1v) is 10.2. The number of carbonyl (C=O) groups excluding carboxylic acids is 1. The van der Waals surface area contributed by atoms with Crippen molar-refractivity contribution in [1.82, 2.24) is 5.32 Å². The molecule has 1 N–H and O–H groups in total. The Kier molecular flexibility index (Phi) is 13.8. The fourth-order valence-electron chi connectivity index (χ4n) is 3.24. The molecule has 1 fully saturated rings. The summed E-state index contributed by atoms with van der Waals surface area (Å²) in [4.78, 5) is 12.2. The van der Waals surface area contributed by atoms with Crippen LogP contribution in [0.15, 0.2) is 0 Å². The van der Waals surface area contributed by atoms with Crippen molar-refractivity contribution in [1.29, 1.82) is 0 Å². The maximum Gasteiger partial charge on any atom is 0.223 e. The molecule has 0 spiro atoms. The molecule has 0 aromatic heterocycles. The molecule has 0 atom stereocenters. The quantitative estimate of drug-likeness (QED) is 0.447. The van der Waals surface area contributed by atoms with Crippen molar-refractivity contribution in [3.63, 3.8) is 0 Å². The fraction of sp³-hybridized carbons (Fsp3) is 0.950. The molecule has 0 aromatic carbocycles. The number of rotatable bonds is 15. The Morgan fingerprint density at radius 2 is 1.35 bits per heavy atom. The van der Waals surface area contributed by atoms with E-state index in [0.29, 0.717) is 52.8 Å². The number of nitrogens with one attached hydrogen (secondary N) is 1. The Bertz CT molecular complexity index is 343. The number of amides is 1. The van der Waals surface area contributed by atoms with Crippen molar-refractivity contribution in [3.05, 3.63) is 0 Å². The molecular weight excluding hydrogens is 334 g/mol. The molecule has 26 heavy (non-hydrogen) atoms. The number of ether oxygens (including phenoxy) is 4. The molecular formula is C20H39NO5. The van der Waals surface area contributed by atoms with Gasteiger partial charge in [-0.3, -0.25) is 4.79 Å². The summed E-state index contributed by atoms with van der Waals surface area (Å²) in [6.45, 7) is 11.8. The van der Waals surface area contributed by atoms with Crippen molar-refractivity contribution >= 4 is 5.91 Å². The van der Waals surface area contributed by atoms with E-state index >= 15 is 0 Å². The molecule has 0 aliphatic heterocycles. The summed E-state index contributed by atoms with van der Waals surface area (Å²) >= 11 is 0. The molecule has 1 rings (SSSR count). The normalized spacial score (nSPS) is 20.5. The Labute approximate surface area is 159 Å². The van der Waals surface area contributed by atoms with Gasteiger partial charge in [0.1, 0.15) is 0 Å². The van der Waals surface area contributed by atoms with Gasteiger partial charge in [0.05, 0.1) is 46.2 Å². The Hall–Kier alpha value is -0.690. The van der Waals surface area contributed by atoms with E-state index in [1.54, 1.807) is 0 Å². The maximum absolute atomic E-state index is 12.2. The number of hydrogen-bond acceptors (Lipinski definition) is 5. The van der Waals surface area contributed by atoms with Gasteiger partial charge in [-0.25, -0.2) is 0 Å². The fourth-order valence-corrected chi connectivity index (χ4v) is 3.24. The third kappa shape index (κ3) is 11.1. The van der Waals surface area contributed by atoms with Gasteiger partial charge in [-0.05, 0) is 44.4 Å². The van der Waals surface area contributed by atoms with Crippen LogP contribution in [-0.2, 0) is 23.7 Å². The average molecular weight is 374 g/mol. The van der Waals surface area contributed by atoms with Crippen LogP contribution in [0.2, 0.25) is 0 Å². The summed E-state index contributed by atoms with van der Waals surface area (Å²) in [6, 6.07) is 0. The van der Waals surface area contributed by atoms with Gasteiger partial charge in [0, 0.05) is 19.1 Å². The van der Waals surface area contributed by atoms with Crippen LogP contribution in [0, 0.1) is 17.8 Å². The van der Waals surface area contributed by atoms with Crippen molar-refractivity contribution in [3.8, 4) is 0 Å². The first-order chi connectivity index (χ1) is 12.6. The largest absolute Gasteiger partial charge is 0.379 e. The zero-order chi connectivity index (χ0) is 19.0. The topological polar surface area (TPSA) is 66.0 Å². The van der Waals surface area contributed by atoms with Crippen LogP contribution in [0.3, 0.4) is 0 Å². The van der Waals surface area contributed by atoms with E-state index in [-0.39, 0.29) is 11.8 Å². The van der Waals surface area contributed by atoms with Crippen LogP contribution in [0.5, 0.6) is 0 Å². The lowest BCUT2D eigenvalue weighted by Gasteiger charge is -2.30. The highest BCUT2D eigenvalue weighted by atomic mass is 16.6. The molecule has 6 nitrogen and oxygen atoms in total. The van der Waals surface area contributed by atoms with Gasteiger partial charge in [-0.2, -0.15) is 0 Å². The average Bonchev–Trinajstić information content (AvgIpc) is 2.65. The van der Waals surface area contributed by atoms with E-state index in [4.69, 9.17) is 18.9 Å². The third-order valence-electron chi connectivity index (χ3n) is 4.95. The number of hydrogen-bond donors (Lipinski definition) is 1. The lowest BCUT2D eigenvalue weighted by atomic mass is 9.77. The van der Waals surface area contributed by atoms with E-state index in [1.165, 1.54) is 12.8 Å². The highest BCUT2D eigenvalue weighted by molar-refractivity contribution is 5.78. The van der Waals surface area contributed by atoms with Gasteiger partial charge in [0.2, 0.25) is 5.91 Å². The predicted octanol–water partition coefficient (Wildman–Crippen LogP) is 2.65. The van der Waals surface area contributed by atoms with Crippen LogP contribution in [-0.4, -0.2) is 65.3 Å². The molecule has 154 valence electrons. The van der Waals surface area contributed by atoms with E-state index < -0.39 is 0 Å². The van der Waals surface area contributed by atoms with Gasteiger partial charge in [0.25, 0.3) is 0 Å². The molecule has 6 heteroatoms. The molecule has 0 saturated heterocycles. The van der Waals surface area contributed by atoms with Crippen molar-refractivity contribution in [2.45, 2.75) is 46.5 Å². The van der Waals surface area contributed by atoms with E-state index in [1.807, 2.05) is 6.92 Å². The smallest absolute Gasteiger partial charge is 0.223 e. The third-order valence-corrected chi connectivity index (χ3v) is 4.95. The van der Waals surface area contributed by atoms with Crippen molar-refractivity contribution in [2.24, 2.45) is 17.8 Å². The van der Waals surface area contributed by atoms with Gasteiger partial charge in [-0.15, -0.1) is 0 Å². The first-order valence-electron chi connectivity index (χ1n) is 10.2. The van der Waals surface area contributed by atoms with Crippen LogP contribution in [0.1, 0.15) is 46.5 Å². The molecule has 0 bridgehead atoms. The molecule has 1 amide bonds. The van der Waals surface area contributed by atoms with Crippen LogP contribution >= 0.6 is 0 Å². The minimum atomic E-state index is 0.191. The summed E-state index contributed by atoms with van der Waals surface area (Å²) in [5, 5.41) is 3.00. The second-order valence-electron chi connectivity index (χ2n) is 7.18. The summed E-state index contributed by atoms with van der Waals surface area (Å²) in [5.74, 6) is 1.90. The summed E-state index contributed by atoms with van der Waals surface area (Å²) < 4.78 is 21.4. The van der Waals surface area contributed by atoms with Crippen LogP contribution in [0.4, 0.5) is 0 Å². The van der Waals surface area contributed by atoms with Crippen molar-refractivity contribution < 1.29 is 23.7 Å². The Morgan fingerprint density at radius 1 is 0.846 bits per heavy atom. The monoisotopic (exact) mass is 373 g/mol. The zero-order valence-corrected chi connectivity index (χ0v) is 17.0. The van der Waals surface area contributed by atoms with Gasteiger partial charge >= 0.3 is 0 Å². The van der Waals surface area contributed by atoms with Crippen LogP contribution in [0.25, 0.3) is 0 Å². The van der Waals surface area contributed by atoms with Crippen molar-refractivity contribution in [2.75, 3.05) is 59.4 Å². The molecule has 0 aromatic rings. The molecule has 0 radical (unpaired) electrons. The predicted molar refractivity (Wildman–Crippen MR) is 102 cm³/mol. The summed E-state index contributed by atoms with van der Waals surface area (Å²) in [7, 11) is 0. The molecule has 0 unspecified atom stereocenters. The van der Waals surface area contributed by atoms with Gasteiger partial charge in [0.15, 0.2) is 0 Å². The highest BCUT2D eigenvalue weighted by Gasteiger charge is 2.27.